The molecule has 0 aromatic heterocycles. The number of hydrogen-bond acceptors (Lipinski definition) is 4. The van der Waals surface area contributed by atoms with Crippen molar-refractivity contribution in [2.75, 3.05) is 31.1 Å². The Hall–Kier alpha value is -1.17. The molecule has 1 atom stereocenters. The van der Waals surface area contributed by atoms with Crippen molar-refractivity contribution in [1.82, 2.24) is 4.90 Å². The molecule has 2 fully saturated rings. The molecule has 2 N–H and O–H groups in total. The monoisotopic (exact) mass is 413 g/mol. The minimum atomic E-state index is -0.648. The van der Waals surface area contributed by atoms with Crippen molar-refractivity contribution >= 4 is 35.0 Å². The normalized spacial score (nSPS) is 26.8. The molecular weight excluding hydrogens is 385 g/mol. The molecule has 5 nitrogen and oxygen atoms in total. The molecule has 1 saturated carbocycles. The van der Waals surface area contributed by atoms with Gasteiger partial charge in [-0.15, -0.1) is 0 Å². The fraction of sp³-hybridized carbons (Fsp3) is 0.650. The number of halogens is 2. The lowest BCUT2D eigenvalue weighted by atomic mass is 9.85. The Balaban J connectivity index is 1.44. The minimum Gasteiger partial charge on any atom is -0.446 e. The first-order valence-corrected chi connectivity index (χ1v) is 10.6. The highest BCUT2D eigenvalue weighted by Gasteiger charge is 2.27. The number of carbonyl (C=O) groups excluding carboxylic acids is 1. The van der Waals surface area contributed by atoms with E-state index in [1.807, 2.05) is 18.2 Å². The zero-order valence-electron chi connectivity index (χ0n) is 15.9. The first-order valence-electron chi connectivity index (χ1n) is 9.83. The number of benzene rings is 1. The average molecular weight is 414 g/mol. The van der Waals surface area contributed by atoms with E-state index in [4.69, 9.17) is 33.7 Å². The van der Waals surface area contributed by atoms with Crippen LogP contribution in [0.2, 0.25) is 10.0 Å². The van der Waals surface area contributed by atoms with Gasteiger partial charge in [0.15, 0.2) is 0 Å². The Morgan fingerprint density at radius 3 is 2.63 bits per heavy atom. The Morgan fingerprint density at radius 1 is 1.22 bits per heavy atom. The van der Waals surface area contributed by atoms with Crippen molar-refractivity contribution < 1.29 is 9.53 Å². The summed E-state index contributed by atoms with van der Waals surface area (Å²) in [6.45, 7) is 6.35. The van der Waals surface area contributed by atoms with Gasteiger partial charge in [0, 0.05) is 25.7 Å². The maximum Gasteiger partial charge on any atom is 0.404 e. The molecule has 27 heavy (non-hydrogen) atoms. The number of hydrogen-bond donors (Lipinski definition) is 1. The first-order chi connectivity index (χ1) is 12.9. The van der Waals surface area contributed by atoms with Crippen LogP contribution in [0.15, 0.2) is 18.2 Å². The van der Waals surface area contributed by atoms with Crippen molar-refractivity contribution in [2.24, 2.45) is 11.7 Å². The van der Waals surface area contributed by atoms with Gasteiger partial charge in [-0.1, -0.05) is 29.3 Å². The number of rotatable bonds is 5. The molecule has 0 unspecified atom stereocenters. The highest BCUT2D eigenvalue weighted by atomic mass is 35.5. The lowest BCUT2D eigenvalue weighted by Gasteiger charge is -2.42. The van der Waals surface area contributed by atoms with Crippen molar-refractivity contribution in [3.8, 4) is 0 Å². The summed E-state index contributed by atoms with van der Waals surface area (Å²) in [5.74, 6) is 0.713. The van der Waals surface area contributed by atoms with Crippen LogP contribution in [0.3, 0.4) is 0 Å². The van der Waals surface area contributed by atoms with Gasteiger partial charge in [-0.25, -0.2) is 4.79 Å². The van der Waals surface area contributed by atoms with Crippen LogP contribution in [0.5, 0.6) is 0 Å². The van der Waals surface area contributed by atoms with Gasteiger partial charge in [-0.2, -0.15) is 0 Å². The van der Waals surface area contributed by atoms with Crippen molar-refractivity contribution in [1.29, 1.82) is 0 Å². The molecule has 1 aromatic carbocycles. The van der Waals surface area contributed by atoms with Crippen LogP contribution in [-0.2, 0) is 4.74 Å². The number of amides is 1. The molecule has 1 aliphatic heterocycles. The highest BCUT2D eigenvalue weighted by Crippen LogP contribution is 2.34. The van der Waals surface area contributed by atoms with E-state index in [0.717, 1.165) is 57.5 Å². The molecule has 1 heterocycles. The van der Waals surface area contributed by atoms with E-state index in [9.17, 15) is 4.79 Å². The number of piperazine rings is 1. The van der Waals surface area contributed by atoms with E-state index >= 15 is 0 Å². The summed E-state index contributed by atoms with van der Waals surface area (Å²) in [4.78, 5) is 15.8. The molecular formula is C20H29Cl2N3O2. The average Bonchev–Trinajstić information content (AvgIpc) is 2.64. The number of nitrogens with two attached hydrogens (primary N) is 1. The second-order valence-electron chi connectivity index (χ2n) is 7.77. The SMILES string of the molecule is C[C@@H]1CN(c2cccc(Cl)c2Cl)CCN1CCC1CCC(OC(N)=O)CC1. The van der Waals surface area contributed by atoms with E-state index < -0.39 is 6.09 Å². The first kappa shape index (κ1) is 20.6. The Bertz CT molecular complexity index is 650. The summed E-state index contributed by atoms with van der Waals surface area (Å²) in [6.07, 6.45) is 4.67. The zero-order chi connectivity index (χ0) is 19.4. The smallest absolute Gasteiger partial charge is 0.404 e. The van der Waals surface area contributed by atoms with Crippen molar-refractivity contribution in [3.05, 3.63) is 28.2 Å². The van der Waals surface area contributed by atoms with Gasteiger partial charge in [0.2, 0.25) is 0 Å². The third-order valence-electron chi connectivity index (χ3n) is 5.94. The van der Waals surface area contributed by atoms with E-state index in [1.165, 1.54) is 6.42 Å². The molecule has 2 aliphatic rings. The van der Waals surface area contributed by atoms with Crippen LogP contribution in [0.25, 0.3) is 0 Å². The Morgan fingerprint density at radius 2 is 1.96 bits per heavy atom. The van der Waals surface area contributed by atoms with Crippen LogP contribution in [0, 0.1) is 5.92 Å². The summed E-state index contributed by atoms with van der Waals surface area (Å²) < 4.78 is 5.13. The van der Waals surface area contributed by atoms with Gasteiger partial charge >= 0.3 is 6.09 Å². The second-order valence-corrected chi connectivity index (χ2v) is 8.56. The molecule has 150 valence electrons. The topological polar surface area (TPSA) is 58.8 Å². The van der Waals surface area contributed by atoms with Gasteiger partial charge in [0.05, 0.1) is 15.7 Å². The molecule has 3 rings (SSSR count). The van der Waals surface area contributed by atoms with Crippen molar-refractivity contribution in [3.63, 3.8) is 0 Å². The molecule has 1 saturated heterocycles. The third-order valence-corrected chi connectivity index (χ3v) is 6.75. The quantitative estimate of drug-likeness (QED) is 0.768. The maximum absolute atomic E-state index is 10.9. The number of carbonyl (C=O) groups is 1. The molecule has 1 aliphatic carbocycles. The van der Waals surface area contributed by atoms with Crippen molar-refractivity contribution in [2.45, 2.75) is 51.2 Å². The third kappa shape index (κ3) is 5.43. The Labute approximate surface area is 171 Å². The number of ether oxygens (including phenoxy) is 1. The fourth-order valence-corrected chi connectivity index (χ4v) is 4.75. The van der Waals surface area contributed by atoms with Crippen LogP contribution in [0.4, 0.5) is 10.5 Å². The van der Waals surface area contributed by atoms with Crippen LogP contribution in [0.1, 0.15) is 39.0 Å². The van der Waals surface area contributed by atoms with E-state index in [2.05, 4.69) is 16.7 Å². The van der Waals surface area contributed by atoms with Gasteiger partial charge in [-0.05, 0) is 63.6 Å². The summed E-state index contributed by atoms with van der Waals surface area (Å²) in [5, 5.41) is 1.26. The van der Waals surface area contributed by atoms with E-state index in [0.29, 0.717) is 22.0 Å². The van der Waals surface area contributed by atoms with Gasteiger partial charge in [0.1, 0.15) is 6.10 Å². The van der Waals surface area contributed by atoms with Crippen LogP contribution in [-0.4, -0.2) is 49.3 Å². The molecule has 1 amide bonds. The number of nitrogens with zero attached hydrogens (tertiary/aromatic N) is 2. The fourth-order valence-electron chi connectivity index (χ4n) is 4.33. The number of anilines is 1. The Kier molecular flexibility index (Phi) is 7.12. The zero-order valence-corrected chi connectivity index (χ0v) is 17.4. The van der Waals surface area contributed by atoms with Crippen LogP contribution >= 0.6 is 23.2 Å². The predicted molar refractivity (Wildman–Crippen MR) is 111 cm³/mol. The summed E-state index contributed by atoms with van der Waals surface area (Å²) in [5.41, 5.74) is 6.14. The highest BCUT2D eigenvalue weighted by molar-refractivity contribution is 6.43. The lowest BCUT2D eigenvalue weighted by molar-refractivity contribution is 0.0665. The van der Waals surface area contributed by atoms with Gasteiger partial charge in [0.25, 0.3) is 0 Å². The maximum atomic E-state index is 10.9. The van der Waals surface area contributed by atoms with E-state index in [1.54, 1.807) is 0 Å². The predicted octanol–water partition coefficient (Wildman–Crippen LogP) is 4.55. The second kappa shape index (κ2) is 9.35. The molecule has 0 bridgehead atoms. The van der Waals surface area contributed by atoms with E-state index in [-0.39, 0.29) is 6.10 Å². The summed E-state index contributed by atoms with van der Waals surface area (Å²) in [6, 6.07) is 6.31. The van der Waals surface area contributed by atoms with Gasteiger partial charge in [-0.3, -0.25) is 4.90 Å². The minimum absolute atomic E-state index is 0.0173. The molecule has 0 radical (unpaired) electrons. The molecule has 7 heteroatoms. The van der Waals surface area contributed by atoms with Gasteiger partial charge < -0.3 is 15.4 Å². The lowest BCUT2D eigenvalue weighted by Crippen LogP contribution is -2.52. The summed E-state index contributed by atoms with van der Waals surface area (Å²) >= 11 is 12.6. The number of primary amides is 1. The summed E-state index contributed by atoms with van der Waals surface area (Å²) in [7, 11) is 0. The largest absolute Gasteiger partial charge is 0.446 e. The van der Waals surface area contributed by atoms with Crippen LogP contribution < -0.4 is 10.6 Å². The molecule has 1 aromatic rings. The standard InChI is InChI=1S/C20H29Cl2N3O2/c1-14-13-25(18-4-2-3-17(21)19(18)22)12-11-24(14)10-9-15-5-7-16(8-6-15)27-20(23)26/h2-4,14-16H,5-13H2,1H3,(H2,23,26)/t14-,15?,16?/m1/s1. The molecule has 0 spiro atoms.